The van der Waals surface area contributed by atoms with E-state index in [4.69, 9.17) is 9.47 Å². The zero-order valence-electron chi connectivity index (χ0n) is 35.8. The maximum atomic E-state index is 12.2. The monoisotopic (exact) mass is 739 g/mol. The summed E-state index contributed by atoms with van der Waals surface area (Å²) < 4.78 is 11.3. The second-order valence-electron chi connectivity index (χ2n) is 16.0. The van der Waals surface area contributed by atoms with Gasteiger partial charge in [0.1, 0.15) is 6.61 Å². The molecule has 0 atom stereocenters. The molecule has 0 aromatic carbocycles. The lowest BCUT2D eigenvalue weighted by atomic mass is 10.1. The third kappa shape index (κ3) is 42.1. The van der Waals surface area contributed by atoms with Gasteiger partial charge in [0.2, 0.25) is 0 Å². The van der Waals surface area contributed by atoms with Crippen molar-refractivity contribution >= 4 is 5.97 Å². The van der Waals surface area contributed by atoms with Crippen LogP contribution in [0.4, 0.5) is 0 Å². The van der Waals surface area contributed by atoms with E-state index in [0.717, 1.165) is 51.9 Å². The van der Waals surface area contributed by atoms with Gasteiger partial charge in [0.05, 0.1) is 13.2 Å². The third-order valence-corrected chi connectivity index (χ3v) is 10.8. The molecule has 1 N–H and O–H groups in total. The molecule has 0 aliphatic heterocycles. The number of hydroxylamine groups is 2. The van der Waals surface area contributed by atoms with Crippen LogP contribution in [0.25, 0.3) is 0 Å². The fraction of sp³-hybridized carbons (Fsp3) is 0.978. The van der Waals surface area contributed by atoms with Crippen molar-refractivity contribution in [3.05, 3.63) is 0 Å². The summed E-state index contributed by atoms with van der Waals surface area (Å²) in [4.78, 5) is 14.8. The van der Waals surface area contributed by atoms with E-state index in [1.54, 1.807) is 0 Å². The van der Waals surface area contributed by atoms with E-state index in [0.29, 0.717) is 19.6 Å². The van der Waals surface area contributed by atoms with Gasteiger partial charge in [-0.2, -0.15) is 5.06 Å². The van der Waals surface area contributed by atoms with Crippen LogP contribution in [0.5, 0.6) is 0 Å². The number of nitrogens with zero attached hydrogens (tertiary/aromatic N) is 2. The lowest BCUT2D eigenvalue weighted by Crippen LogP contribution is -2.30. The first-order chi connectivity index (χ1) is 25.6. The first-order valence-corrected chi connectivity index (χ1v) is 23.5. The van der Waals surface area contributed by atoms with Crippen LogP contribution in [0.2, 0.25) is 0 Å². The smallest absolute Gasteiger partial charge is 0.305 e. The SMILES string of the molecule is CCCCCCCCCCCCN(O)CCCCCCCCCC(=O)OCCOCCN(CCCCCCCCCC)CCCCCCCCCC. The van der Waals surface area contributed by atoms with Gasteiger partial charge in [0, 0.05) is 26.1 Å². The van der Waals surface area contributed by atoms with Gasteiger partial charge < -0.3 is 19.6 Å². The maximum absolute atomic E-state index is 12.2. The van der Waals surface area contributed by atoms with Crippen molar-refractivity contribution in [3.63, 3.8) is 0 Å². The molecule has 0 heterocycles. The predicted molar refractivity (Wildman–Crippen MR) is 226 cm³/mol. The molecule has 0 rings (SSSR count). The molecule has 0 spiro atoms. The fourth-order valence-electron chi connectivity index (χ4n) is 7.20. The number of unbranched alkanes of at least 4 members (excludes halogenated alkanes) is 29. The number of esters is 1. The van der Waals surface area contributed by atoms with Crippen LogP contribution in [-0.2, 0) is 14.3 Å². The van der Waals surface area contributed by atoms with Crippen molar-refractivity contribution in [2.24, 2.45) is 0 Å². The standard InChI is InChI=1S/C46H94N2O4/c1-4-7-10-13-16-19-20-25-30-35-40-48(50)41-36-31-26-21-22-27-32-37-46(49)52-45-44-51-43-42-47(38-33-28-23-17-14-11-8-5-2)39-34-29-24-18-15-12-9-6-3/h50H,4-45H2,1-3H3. The Kier molecular flexibility index (Phi) is 44.1. The van der Waals surface area contributed by atoms with Crippen molar-refractivity contribution in [2.45, 2.75) is 239 Å². The van der Waals surface area contributed by atoms with E-state index in [1.165, 1.54) is 204 Å². The zero-order chi connectivity index (χ0) is 37.8. The highest BCUT2D eigenvalue weighted by Crippen LogP contribution is 2.14. The molecule has 0 radical (unpaired) electrons. The molecule has 0 aliphatic carbocycles. The molecule has 0 amide bonds. The molecule has 0 unspecified atom stereocenters. The van der Waals surface area contributed by atoms with Crippen LogP contribution in [0.3, 0.4) is 0 Å². The summed E-state index contributed by atoms with van der Waals surface area (Å²) in [5, 5.41) is 11.7. The highest BCUT2D eigenvalue weighted by molar-refractivity contribution is 5.69. The van der Waals surface area contributed by atoms with Crippen molar-refractivity contribution in [1.82, 2.24) is 9.96 Å². The maximum Gasteiger partial charge on any atom is 0.305 e. The molecule has 0 saturated heterocycles. The van der Waals surface area contributed by atoms with E-state index in [9.17, 15) is 10.0 Å². The second kappa shape index (κ2) is 44.7. The van der Waals surface area contributed by atoms with Crippen LogP contribution < -0.4 is 0 Å². The van der Waals surface area contributed by atoms with E-state index in [2.05, 4.69) is 25.7 Å². The minimum atomic E-state index is -0.0833. The molecular weight excluding hydrogens is 645 g/mol. The highest BCUT2D eigenvalue weighted by Gasteiger charge is 2.07. The minimum absolute atomic E-state index is 0.0833. The molecule has 312 valence electrons. The molecule has 6 heteroatoms. The van der Waals surface area contributed by atoms with Gasteiger partial charge in [-0.25, -0.2) is 0 Å². The molecule has 0 aromatic heterocycles. The van der Waals surface area contributed by atoms with Crippen molar-refractivity contribution in [3.8, 4) is 0 Å². The number of carbonyl (C=O) groups excluding carboxylic acids is 1. The Hall–Kier alpha value is -0.690. The van der Waals surface area contributed by atoms with Crippen molar-refractivity contribution < 1.29 is 19.5 Å². The average Bonchev–Trinajstić information content (AvgIpc) is 3.14. The fourth-order valence-corrected chi connectivity index (χ4v) is 7.20. The zero-order valence-corrected chi connectivity index (χ0v) is 35.8. The minimum Gasteiger partial charge on any atom is -0.463 e. The Morgan fingerprint density at radius 3 is 1.10 bits per heavy atom. The lowest BCUT2D eigenvalue weighted by Gasteiger charge is -2.22. The summed E-state index contributed by atoms with van der Waals surface area (Å²) in [6, 6.07) is 0. The van der Waals surface area contributed by atoms with Crippen LogP contribution in [0.1, 0.15) is 239 Å². The van der Waals surface area contributed by atoms with E-state index < -0.39 is 0 Å². The number of carbonyl (C=O) groups is 1. The van der Waals surface area contributed by atoms with Gasteiger partial charge in [0.15, 0.2) is 0 Å². The third-order valence-electron chi connectivity index (χ3n) is 10.8. The van der Waals surface area contributed by atoms with Crippen LogP contribution >= 0.6 is 0 Å². The topological polar surface area (TPSA) is 62.2 Å². The van der Waals surface area contributed by atoms with E-state index in [-0.39, 0.29) is 5.97 Å². The summed E-state index contributed by atoms with van der Waals surface area (Å²) in [7, 11) is 0. The van der Waals surface area contributed by atoms with E-state index in [1.807, 2.05) is 0 Å². The molecule has 0 aromatic rings. The van der Waals surface area contributed by atoms with Crippen LogP contribution in [-0.4, -0.2) is 73.7 Å². The van der Waals surface area contributed by atoms with Gasteiger partial charge in [-0.1, -0.05) is 201 Å². The normalized spacial score (nSPS) is 11.7. The summed E-state index contributed by atoms with van der Waals surface area (Å²) >= 11 is 0. The number of hydrogen-bond acceptors (Lipinski definition) is 6. The summed E-state index contributed by atoms with van der Waals surface area (Å²) in [5.74, 6) is -0.0833. The Morgan fingerprint density at radius 2 is 0.712 bits per heavy atom. The average molecular weight is 739 g/mol. The highest BCUT2D eigenvalue weighted by atomic mass is 16.6. The van der Waals surface area contributed by atoms with E-state index >= 15 is 0 Å². The molecule has 0 bridgehead atoms. The Labute approximate surface area is 326 Å². The first-order valence-electron chi connectivity index (χ1n) is 23.5. The Balaban J connectivity index is 3.74. The van der Waals surface area contributed by atoms with Crippen LogP contribution in [0.15, 0.2) is 0 Å². The molecule has 52 heavy (non-hydrogen) atoms. The summed E-state index contributed by atoms with van der Waals surface area (Å²) in [5.41, 5.74) is 0. The largest absolute Gasteiger partial charge is 0.463 e. The van der Waals surface area contributed by atoms with Gasteiger partial charge in [-0.3, -0.25) is 4.79 Å². The van der Waals surface area contributed by atoms with Crippen molar-refractivity contribution in [1.29, 1.82) is 0 Å². The van der Waals surface area contributed by atoms with Crippen LogP contribution in [0, 0.1) is 0 Å². The molecular formula is C46H94N2O4. The van der Waals surface area contributed by atoms with Crippen molar-refractivity contribution in [2.75, 3.05) is 52.5 Å². The molecule has 0 fully saturated rings. The molecule has 6 nitrogen and oxygen atoms in total. The Bertz CT molecular complexity index is 659. The van der Waals surface area contributed by atoms with Gasteiger partial charge in [-0.15, -0.1) is 0 Å². The quantitative estimate of drug-likeness (QED) is 0.0381. The Morgan fingerprint density at radius 1 is 0.385 bits per heavy atom. The summed E-state index contributed by atoms with van der Waals surface area (Å²) in [6.45, 7) is 13.4. The number of ether oxygens (including phenoxy) is 2. The van der Waals surface area contributed by atoms with Gasteiger partial charge >= 0.3 is 5.97 Å². The molecule has 0 aliphatic rings. The second-order valence-corrected chi connectivity index (χ2v) is 16.0. The number of rotatable bonds is 45. The van der Waals surface area contributed by atoms with Gasteiger partial charge in [-0.05, 0) is 45.2 Å². The lowest BCUT2D eigenvalue weighted by molar-refractivity contribution is -0.145. The summed E-state index contributed by atoms with van der Waals surface area (Å²) in [6.07, 6.45) is 43.5. The number of hydrogen-bond donors (Lipinski definition) is 1. The molecule has 0 saturated carbocycles. The first kappa shape index (κ1) is 51.3. The van der Waals surface area contributed by atoms with Gasteiger partial charge in [0.25, 0.3) is 0 Å². The predicted octanol–water partition coefficient (Wildman–Crippen LogP) is 13.9.